The summed E-state index contributed by atoms with van der Waals surface area (Å²) in [7, 11) is -7.99. The van der Waals surface area contributed by atoms with Crippen LogP contribution >= 0.6 is 6.83 Å². The summed E-state index contributed by atoms with van der Waals surface area (Å²) >= 11 is 0. The molecule has 27 heteroatoms. The van der Waals surface area contributed by atoms with Gasteiger partial charge < -0.3 is 0 Å². The van der Waals surface area contributed by atoms with Crippen molar-refractivity contribution in [1.82, 2.24) is 0 Å². The molecule has 0 aromatic heterocycles. The Labute approximate surface area is 275 Å². The molecular formula is C24H31F22O3PS. The molecule has 51 heavy (non-hydrogen) atoms. The molecule has 0 aliphatic carbocycles. The first-order chi connectivity index (χ1) is 22.2. The van der Waals surface area contributed by atoms with Crippen molar-refractivity contribution in [3.8, 4) is 0 Å². The van der Waals surface area contributed by atoms with Crippen molar-refractivity contribution in [2.24, 2.45) is 0 Å². The van der Waals surface area contributed by atoms with Gasteiger partial charge in [-0.3, -0.25) is 0 Å². The van der Waals surface area contributed by atoms with Crippen molar-refractivity contribution in [1.29, 1.82) is 0 Å². The standard InChI is InChI=1S/C24H31F22O3PS/c1-4-7-11-50(12-8-5-2,13-9-6-3,49-51(47,48)24(45,46)21(37,38)20(35,36)23(42,43)44)14-10-15(25,26)16(27,28)17(29,30)18(31,32)19(33,34)22(39,40)41/h4-14H2,1-3H3. The van der Waals surface area contributed by atoms with E-state index in [1.165, 1.54) is 0 Å². The minimum absolute atomic E-state index is 0.304. The number of hydrogen-bond donors (Lipinski definition) is 0. The fourth-order valence-corrected chi connectivity index (χ4v) is 14.5. The fraction of sp³-hybridized carbons (Fsp3) is 1.00. The van der Waals surface area contributed by atoms with Crippen LogP contribution in [0.5, 0.6) is 0 Å². The van der Waals surface area contributed by atoms with E-state index in [4.69, 9.17) is 0 Å². The average Bonchev–Trinajstić information content (AvgIpc) is 2.95. The summed E-state index contributed by atoms with van der Waals surface area (Å²) in [4.78, 5) is 0. The van der Waals surface area contributed by atoms with E-state index in [0.29, 0.717) is 0 Å². The number of hydrogen-bond acceptors (Lipinski definition) is 3. The van der Waals surface area contributed by atoms with Crippen LogP contribution in [0, 0.1) is 0 Å². The van der Waals surface area contributed by atoms with Gasteiger partial charge in [0.05, 0.1) is 0 Å². The van der Waals surface area contributed by atoms with Crippen molar-refractivity contribution >= 4 is 16.9 Å². The predicted octanol–water partition coefficient (Wildman–Crippen LogP) is 11.8. The molecule has 0 heterocycles. The topological polar surface area (TPSA) is 43.4 Å². The van der Waals surface area contributed by atoms with E-state index in [2.05, 4.69) is 3.97 Å². The van der Waals surface area contributed by atoms with E-state index in [0.717, 1.165) is 20.8 Å². The third-order valence-corrected chi connectivity index (χ3v) is 17.0. The van der Waals surface area contributed by atoms with Gasteiger partial charge in [0.25, 0.3) is 0 Å². The summed E-state index contributed by atoms with van der Waals surface area (Å²) in [5, 5.41) is -7.64. The molecule has 0 fully saturated rings. The molecular weight excluding hydrogens is 817 g/mol. The summed E-state index contributed by atoms with van der Waals surface area (Å²) in [6.07, 6.45) is -27.6. The van der Waals surface area contributed by atoms with Crippen molar-refractivity contribution in [2.75, 3.05) is 24.6 Å². The average molecular weight is 849 g/mol. The Kier molecular flexibility index (Phi) is 14.5. The molecule has 0 aliphatic heterocycles. The summed E-state index contributed by atoms with van der Waals surface area (Å²) in [5.41, 5.74) is 0. The maximum absolute atomic E-state index is 15.0. The Morgan fingerprint density at radius 2 is 0.725 bits per heavy atom. The number of halogens is 22. The van der Waals surface area contributed by atoms with Crippen molar-refractivity contribution in [3.05, 3.63) is 0 Å². The number of alkyl halides is 22. The molecule has 0 saturated heterocycles. The van der Waals surface area contributed by atoms with E-state index in [9.17, 15) is 105 Å². The van der Waals surface area contributed by atoms with Crippen LogP contribution < -0.4 is 0 Å². The Bertz CT molecular complexity index is 1250. The molecule has 0 saturated carbocycles. The van der Waals surface area contributed by atoms with Gasteiger partial charge in [0, 0.05) is 0 Å². The van der Waals surface area contributed by atoms with E-state index in [1.807, 2.05) is 0 Å². The van der Waals surface area contributed by atoms with Crippen LogP contribution in [0.3, 0.4) is 0 Å². The van der Waals surface area contributed by atoms with Crippen molar-refractivity contribution in [2.45, 2.75) is 125 Å². The van der Waals surface area contributed by atoms with Gasteiger partial charge in [0.2, 0.25) is 0 Å². The van der Waals surface area contributed by atoms with E-state index in [-0.39, 0.29) is 19.3 Å². The molecule has 0 amide bonds. The molecule has 0 spiro atoms. The first kappa shape index (κ1) is 49.8. The van der Waals surface area contributed by atoms with Gasteiger partial charge in [0.15, 0.2) is 0 Å². The van der Waals surface area contributed by atoms with E-state index in [1.54, 1.807) is 0 Å². The van der Waals surface area contributed by atoms with Gasteiger partial charge in [-0.15, -0.1) is 0 Å². The molecule has 0 N–H and O–H groups in total. The van der Waals surface area contributed by atoms with Crippen LogP contribution in [0.25, 0.3) is 0 Å². The summed E-state index contributed by atoms with van der Waals surface area (Å²) < 4.78 is 332. The third-order valence-electron chi connectivity index (χ3n) is 7.96. The van der Waals surface area contributed by atoms with Crippen molar-refractivity contribution in [3.63, 3.8) is 0 Å². The van der Waals surface area contributed by atoms with E-state index < -0.39 is 126 Å². The van der Waals surface area contributed by atoms with Gasteiger partial charge in [-0.25, -0.2) is 0 Å². The first-order valence-electron chi connectivity index (χ1n) is 14.3. The molecule has 0 bridgehead atoms. The first-order valence-corrected chi connectivity index (χ1v) is 18.6. The number of unbranched alkanes of at least 4 members (excludes halogenated alkanes) is 3. The molecule has 310 valence electrons. The second-order valence-electron chi connectivity index (χ2n) is 11.8. The van der Waals surface area contributed by atoms with Crippen LogP contribution in [0.1, 0.15) is 65.7 Å². The molecule has 3 nitrogen and oxygen atoms in total. The second-order valence-corrected chi connectivity index (χ2v) is 19.3. The Balaban J connectivity index is 7.77. The van der Waals surface area contributed by atoms with Crippen LogP contribution in [0.4, 0.5) is 96.6 Å². The summed E-state index contributed by atoms with van der Waals surface area (Å²) in [6.45, 7) is -2.77. The minimum atomic E-state index is -8.36. The van der Waals surface area contributed by atoms with Gasteiger partial charge >= 0.3 is 275 Å². The molecule has 0 radical (unpaired) electrons. The zero-order chi connectivity index (χ0) is 41.4. The third kappa shape index (κ3) is 8.40. The Morgan fingerprint density at radius 1 is 0.431 bits per heavy atom. The molecule has 0 aliphatic rings. The zero-order valence-corrected chi connectivity index (χ0v) is 27.9. The zero-order valence-electron chi connectivity index (χ0n) is 26.2. The molecule has 0 aromatic rings. The van der Waals surface area contributed by atoms with Crippen molar-refractivity contribution < 1.29 is 109 Å². The molecule has 0 rings (SSSR count). The Morgan fingerprint density at radius 3 is 1.02 bits per heavy atom. The van der Waals surface area contributed by atoms with Gasteiger partial charge in [-0.2, -0.15) is 0 Å². The quantitative estimate of drug-likeness (QED) is 0.0854. The van der Waals surface area contributed by atoms with Crippen LogP contribution in [0.15, 0.2) is 0 Å². The molecule has 0 atom stereocenters. The number of rotatable bonds is 21. The van der Waals surface area contributed by atoms with Crippen LogP contribution in [-0.2, 0) is 14.1 Å². The van der Waals surface area contributed by atoms with Gasteiger partial charge in [-0.1, -0.05) is 0 Å². The van der Waals surface area contributed by atoms with E-state index >= 15 is 0 Å². The van der Waals surface area contributed by atoms with Gasteiger partial charge in [0.1, 0.15) is 0 Å². The fourth-order valence-electron chi connectivity index (χ4n) is 4.72. The normalized spacial score (nSPS) is 16.7. The monoisotopic (exact) mass is 848 g/mol. The summed E-state index contributed by atoms with van der Waals surface area (Å²) in [5.74, 6) is -55.6. The van der Waals surface area contributed by atoms with Crippen LogP contribution in [0.2, 0.25) is 0 Å². The second kappa shape index (κ2) is 14.8. The Hall–Kier alpha value is -1.20. The summed E-state index contributed by atoms with van der Waals surface area (Å²) in [6, 6.07) is 0. The SMILES string of the molecule is CCCCP(CCCC)(CCCC)(CCC(F)(F)C(F)(F)C(F)(F)C(F)(F)C(F)(F)C(F)(F)F)OS(=O)(=O)C(F)(F)C(F)(F)C(F)(F)C(F)(F)F. The maximum atomic E-state index is 15.0. The van der Waals surface area contributed by atoms with Gasteiger partial charge in [-0.05, 0) is 0 Å². The van der Waals surface area contributed by atoms with Crippen LogP contribution in [-0.4, -0.2) is 92.1 Å². The molecule has 0 unspecified atom stereocenters. The predicted molar refractivity (Wildman–Crippen MR) is 137 cm³/mol. The molecule has 0 aromatic carbocycles.